The van der Waals surface area contributed by atoms with E-state index in [1.54, 1.807) is 0 Å². The highest BCUT2D eigenvalue weighted by atomic mass is 16.6. The lowest BCUT2D eigenvalue weighted by atomic mass is 10.2. The first-order valence-corrected chi connectivity index (χ1v) is 5.59. The first-order chi connectivity index (χ1) is 7.77. The van der Waals surface area contributed by atoms with Crippen molar-refractivity contribution in [2.45, 2.75) is 32.0 Å². The van der Waals surface area contributed by atoms with Crippen LogP contribution in [0.4, 0.5) is 0 Å². The van der Waals surface area contributed by atoms with Crippen LogP contribution in [0.5, 0.6) is 0 Å². The number of rotatable bonds is 7. The van der Waals surface area contributed by atoms with Gasteiger partial charge in [-0.05, 0) is 19.8 Å². The van der Waals surface area contributed by atoms with Gasteiger partial charge in [-0.15, -0.1) is 0 Å². The highest BCUT2D eigenvalue weighted by molar-refractivity contribution is 5.80. The van der Waals surface area contributed by atoms with Crippen LogP contribution in [0.1, 0.15) is 19.8 Å². The molecule has 1 saturated heterocycles. The minimum atomic E-state index is -0.425. The molecule has 1 heterocycles. The number of amides is 1. The second-order valence-electron chi connectivity index (χ2n) is 3.60. The van der Waals surface area contributed by atoms with Crippen molar-refractivity contribution in [2.24, 2.45) is 5.84 Å². The molecule has 3 N–H and O–H groups in total. The summed E-state index contributed by atoms with van der Waals surface area (Å²) in [6.07, 6.45) is 1.09. The predicted octanol–water partition coefficient (Wildman–Crippen LogP) is -0.423. The van der Waals surface area contributed by atoms with E-state index in [9.17, 15) is 4.79 Å². The summed E-state index contributed by atoms with van der Waals surface area (Å²) in [6, 6.07) is 0. The molecule has 0 bridgehead atoms. The molecule has 6 nitrogen and oxygen atoms in total. The smallest absolute Gasteiger partial charge is 0.263 e. The van der Waals surface area contributed by atoms with Gasteiger partial charge in [-0.25, -0.2) is 5.84 Å². The van der Waals surface area contributed by atoms with Gasteiger partial charge >= 0.3 is 0 Å². The summed E-state index contributed by atoms with van der Waals surface area (Å²) in [5.74, 6) is 4.76. The molecule has 0 aliphatic carbocycles. The van der Waals surface area contributed by atoms with Crippen LogP contribution < -0.4 is 11.3 Å². The Bertz CT molecular complexity index is 213. The molecule has 94 valence electrons. The third kappa shape index (κ3) is 4.44. The molecule has 1 aliphatic heterocycles. The molecule has 1 aliphatic rings. The Balaban J connectivity index is 2.05. The van der Waals surface area contributed by atoms with Crippen LogP contribution in [-0.4, -0.2) is 44.5 Å². The molecule has 2 atom stereocenters. The number of nitrogens with one attached hydrogen (secondary N) is 1. The molecule has 6 heteroatoms. The quantitative estimate of drug-likeness (QED) is 0.269. The largest absolute Gasteiger partial charge is 0.379 e. The second kappa shape index (κ2) is 7.56. The van der Waals surface area contributed by atoms with Crippen LogP contribution >= 0.6 is 0 Å². The van der Waals surface area contributed by atoms with Gasteiger partial charge in [-0.1, -0.05) is 0 Å². The van der Waals surface area contributed by atoms with Crippen molar-refractivity contribution in [2.75, 3.05) is 26.4 Å². The van der Waals surface area contributed by atoms with Crippen molar-refractivity contribution in [3.8, 4) is 0 Å². The van der Waals surface area contributed by atoms with Gasteiger partial charge in [-0.2, -0.15) is 0 Å². The first kappa shape index (κ1) is 13.4. The summed E-state index contributed by atoms with van der Waals surface area (Å²) in [7, 11) is 0. The van der Waals surface area contributed by atoms with E-state index < -0.39 is 6.10 Å². The summed E-state index contributed by atoms with van der Waals surface area (Å²) >= 11 is 0. The molecule has 1 fully saturated rings. The molecule has 16 heavy (non-hydrogen) atoms. The molecule has 0 aromatic rings. The third-order valence-electron chi connectivity index (χ3n) is 2.42. The molecule has 0 radical (unpaired) electrons. The van der Waals surface area contributed by atoms with Gasteiger partial charge < -0.3 is 14.2 Å². The molecule has 0 aromatic carbocycles. The molecule has 2 unspecified atom stereocenters. The first-order valence-electron chi connectivity index (χ1n) is 5.59. The SMILES string of the molecule is CCOCCOCC1CCC(C(=O)NN)O1. The fraction of sp³-hybridized carbons (Fsp3) is 0.900. The standard InChI is InChI=1S/C10H20N2O4/c1-2-14-5-6-15-7-8-3-4-9(16-8)10(13)12-11/h8-9H,2-7,11H2,1H3,(H,12,13). The summed E-state index contributed by atoms with van der Waals surface area (Å²) in [5.41, 5.74) is 2.09. The van der Waals surface area contributed by atoms with Gasteiger partial charge in [0.1, 0.15) is 6.10 Å². The van der Waals surface area contributed by atoms with Crippen LogP contribution in [0.25, 0.3) is 0 Å². The van der Waals surface area contributed by atoms with Crippen LogP contribution in [0.3, 0.4) is 0 Å². The lowest BCUT2D eigenvalue weighted by Gasteiger charge is -2.12. The van der Waals surface area contributed by atoms with Crippen LogP contribution in [-0.2, 0) is 19.0 Å². The van der Waals surface area contributed by atoms with E-state index in [-0.39, 0.29) is 12.0 Å². The summed E-state index contributed by atoms with van der Waals surface area (Å²) in [6.45, 7) is 4.29. The monoisotopic (exact) mass is 232 g/mol. The molecular weight excluding hydrogens is 212 g/mol. The maximum absolute atomic E-state index is 11.2. The average Bonchev–Trinajstić information content (AvgIpc) is 2.76. The summed E-state index contributed by atoms with van der Waals surface area (Å²) in [4.78, 5) is 11.2. The fourth-order valence-electron chi connectivity index (χ4n) is 1.59. The Morgan fingerprint density at radius 2 is 2.19 bits per heavy atom. The predicted molar refractivity (Wildman–Crippen MR) is 57.5 cm³/mol. The van der Waals surface area contributed by atoms with Crippen LogP contribution in [0.15, 0.2) is 0 Å². The van der Waals surface area contributed by atoms with Crippen LogP contribution in [0, 0.1) is 0 Å². The van der Waals surface area contributed by atoms with E-state index >= 15 is 0 Å². The average molecular weight is 232 g/mol. The molecule has 1 amide bonds. The molecule has 0 spiro atoms. The molecule has 0 aromatic heterocycles. The Kier molecular flexibility index (Phi) is 6.32. The van der Waals surface area contributed by atoms with Gasteiger partial charge in [0.25, 0.3) is 5.91 Å². The van der Waals surface area contributed by atoms with Gasteiger partial charge in [-0.3, -0.25) is 10.2 Å². The summed E-state index contributed by atoms with van der Waals surface area (Å²) < 4.78 is 16.0. The van der Waals surface area contributed by atoms with Crippen molar-refractivity contribution in [1.82, 2.24) is 5.43 Å². The zero-order valence-electron chi connectivity index (χ0n) is 9.61. The van der Waals surface area contributed by atoms with Crippen molar-refractivity contribution >= 4 is 5.91 Å². The number of hydrogen-bond donors (Lipinski definition) is 2. The van der Waals surface area contributed by atoms with E-state index in [0.29, 0.717) is 32.8 Å². The van der Waals surface area contributed by atoms with Crippen molar-refractivity contribution < 1.29 is 19.0 Å². The van der Waals surface area contributed by atoms with Gasteiger partial charge in [0.2, 0.25) is 0 Å². The Hall–Kier alpha value is -0.690. The molecular formula is C10H20N2O4. The van der Waals surface area contributed by atoms with Crippen molar-refractivity contribution in [1.29, 1.82) is 0 Å². The second-order valence-corrected chi connectivity index (χ2v) is 3.60. The number of hydrazine groups is 1. The normalized spacial score (nSPS) is 24.6. The number of nitrogens with two attached hydrogens (primary N) is 1. The zero-order chi connectivity index (χ0) is 11.8. The van der Waals surface area contributed by atoms with Crippen molar-refractivity contribution in [3.63, 3.8) is 0 Å². The van der Waals surface area contributed by atoms with E-state index in [0.717, 1.165) is 6.42 Å². The van der Waals surface area contributed by atoms with Gasteiger partial charge in [0, 0.05) is 6.61 Å². The number of hydrogen-bond acceptors (Lipinski definition) is 5. The van der Waals surface area contributed by atoms with E-state index in [2.05, 4.69) is 5.43 Å². The number of carbonyl (C=O) groups is 1. The minimum Gasteiger partial charge on any atom is -0.379 e. The Morgan fingerprint density at radius 3 is 2.88 bits per heavy atom. The Morgan fingerprint density at radius 1 is 1.44 bits per heavy atom. The van der Waals surface area contributed by atoms with E-state index in [4.69, 9.17) is 20.1 Å². The van der Waals surface area contributed by atoms with Gasteiger partial charge in [0.05, 0.1) is 25.9 Å². The maximum Gasteiger partial charge on any atom is 0.263 e. The number of carbonyl (C=O) groups excluding carboxylic acids is 1. The fourth-order valence-corrected chi connectivity index (χ4v) is 1.59. The zero-order valence-corrected chi connectivity index (χ0v) is 9.61. The molecule has 1 rings (SSSR count). The van der Waals surface area contributed by atoms with E-state index in [1.165, 1.54) is 0 Å². The van der Waals surface area contributed by atoms with Gasteiger partial charge in [0.15, 0.2) is 0 Å². The molecule has 0 saturated carbocycles. The maximum atomic E-state index is 11.2. The summed E-state index contributed by atoms with van der Waals surface area (Å²) in [5, 5.41) is 0. The Labute approximate surface area is 95.4 Å². The lowest BCUT2D eigenvalue weighted by molar-refractivity contribution is -0.133. The highest BCUT2D eigenvalue weighted by Crippen LogP contribution is 2.19. The number of ether oxygens (including phenoxy) is 3. The van der Waals surface area contributed by atoms with Crippen LogP contribution in [0.2, 0.25) is 0 Å². The topological polar surface area (TPSA) is 82.8 Å². The lowest BCUT2D eigenvalue weighted by Crippen LogP contribution is -2.39. The third-order valence-corrected chi connectivity index (χ3v) is 2.42. The highest BCUT2D eigenvalue weighted by Gasteiger charge is 2.30. The van der Waals surface area contributed by atoms with E-state index in [1.807, 2.05) is 6.92 Å². The minimum absolute atomic E-state index is 0.0103. The van der Waals surface area contributed by atoms with Crippen molar-refractivity contribution in [3.05, 3.63) is 0 Å².